The van der Waals surface area contributed by atoms with Crippen LogP contribution in [0.15, 0.2) is 54.9 Å². The number of carbonyl (C=O) groups is 1. The molecule has 1 aliphatic heterocycles. The summed E-state index contributed by atoms with van der Waals surface area (Å²) in [5.74, 6) is 0.0175. The molecule has 3 aromatic rings. The molecule has 0 unspecified atom stereocenters. The largest absolute Gasteiger partial charge is 0.369 e. The number of nitrogens with one attached hydrogen (secondary N) is 2. The second kappa shape index (κ2) is 8.67. The molecule has 0 fully saturated rings. The smallest absolute Gasteiger partial charge is 0.327 e. The molecule has 0 bridgehead atoms. The summed E-state index contributed by atoms with van der Waals surface area (Å²) in [5.41, 5.74) is 2.57. The minimum atomic E-state index is -0.531. The van der Waals surface area contributed by atoms with Gasteiger partial charge in [0.1, 0.15) is 0 Å². The zero-order valence-corrected chi connectivity index (χ0v) is 17.3. The van der Waals surface area contributed by atoms with E-state index < -0.39 is 11.8 Å². The molecule has 0 atom stereocenters. The number of pyridine rings is 2. The van der Waals surface area contributed by atoms with E-state index in [9.17, 15) is 9.18 Å². The zero-order chi connectivity index (χ0) is 21.1. The average Bonchev–Trinajstić information content (AvgIpc) is 2.94. The Kier molecular flexibility index (Phi) is 5.81. The number of benzene rings is 1. The van der Waals surface area contributed by atoms with Crippen LogP contribution in [0.3, 0.4) is 0 Å². The molecule has 1 aliphatic rings. The Labute approximate surface area is 179 Å². The van der Waals surface area contributed by atoms with Crippen molar-refractivity contribution in [3.05, 3.63) is 65.7 Å². The van der Waals surface area contributed by atoms with Gasteiger partial charge in [0, 0.05) is 36.3 Å². The third kappa shape index (κ3) is 4.07. The maximum absolute atomic E-state index is 14.0. The number of nitrogens with zero attached hydrogens (tertiary/aromatic N) is 3. The maximum Gasteiger partial charge on any atom is 0.327 e. The number of aromatic nitrogens is 2. The lowest BCUT2D eigenvalue weighted by atomic mass is 10.1. The predicted octanol–water partition coefficient (Wildman–Crippen LogP) is 4.62. The lowest BCUT2D eigenvalue weighted by Crippen LogP contribution is -2.36. The van der Waals surface area contributed by atoms with Crippen LogP contribution in [-0.2, 0) is 0 Å². The van der Waals surface area contributed by atoms with Crippen molar-refractivity contribution in [2.45, 2.75) is 13.3 Å². The van der Waals surface area contributed by atoms with Crippen molar-refractivity contribution < 1.29 is 14.2 Å². The Bertz CT molecular complexity index is 1080. The normalized spacial score (nSPS) is 13.6. The van der Waals surface area contributed by atoms with Gasteiger partial charge in [-0.1, -0.05) is 23.7 Å². The quantitative estimate of drug-likeness (QED) is 0.664. The number of amides is 2. The first kappa shape index (κ1) is 20.1. The molecule has 2 aromatic heterocycles. The number of halogens is 2. The van der Waals surface area contributed by atoms with Gasteiger partial charge in [-0.25, -0.2) is 14.8 Å². The van der Waals surface area contributed by atoms with Crippen LogP contribution in [0, 0.1) is 5.82 Å². The molecule has 0 saturated carbocycles. The number of anilines is 3. The number of aromatic amines is 1. The van der Waals surface area contributed by atoms with Crippen molar-refractivity contribution in [1.82, 2.24) is 4.98 Å². The van der Waals surface area contributed by atoms with Gasteiger partial charge in [-0.15, -0.1) is 0 Å². The lowest BCUT2D eigenvalue weighted by Gasteiger charge is -2.25. The fourth-order valence-electron chi connectivity index (χ4n) is 3.56. The van der Waals surface area contributed by atoms with Crippen molar-refractivity contribution >= 4 is 34.8 Å². The molecular formula is C22H22ClFN5O+. The van der Waals surface area contributed by atoms with Crippen LogP contribution in [-0.4, -0.2) is 30.6 Å². The van der Waals surface area contributed by atoms with Crippen LogP contribution in [0.4, 0.5) is 26.4 Å². The Morgan fingerprint density at radius 3 is 2.90 bits per heavy atom. The summed E-state index contributed by atoms with van der Waals surface area (Å²) < 4.78 is 14.0. The fraction of sp³-hybridized carbons (Fsp3) is 0.227. The summed E-state index contributed by atoms with van der Waals surface area (Å²) in [6.07, 6.45) is 3.53. The van der Waals surface area contributed by atoms with Crippen LogP contribution in [0.25, 0.3) is 11.3 Å². The summed E-state index contributed by atoms with van der Waals surface area (Å²) >= 11 is 6.15. The second-order valence-electron chi connectivity index (χ2n) is 6.97. The second-order valence-corrected chi connectivity index (χ2v) is 7.41. The van der Waals surface area contributed by atoms with E-state index in [2.05, 4.69) is 22.1 Å². The monoisotopic (exact) mass is 426 g/mol. The summed E-state index contributed by atoms with van der Waals surface area (Å²) in [4.78, 5) is 24.3. The molecule has 8 heteroatoms. The van der Waals surface area contributed by atoms with E-state index in [1.807, 2.05) is 30.3 Å². The lowest BCUT2D eigenvalue weighted by molar-refractivity contribution is -0.380. The van der Waals surface area contributed by atoms with Crippen LogP contribution in [0.1, 0.15) is 13.3 Å². The number of urea groups is 1. The van der Waals surface area contributed by atoms with E-state index in [0.29, 0.717) is 23.1 Å². The van der Waals surface area contributed by atoms with E-state index >= 15 is 0 Å². The number of H-pyrrole nitrogens is 1. The van der Waals surface area contributed by atoms with E-state index in [0.717, 1.165) is 30.8 Å². The van der Waals surface area contributed by atoms with E-state index in [-0.39, 0.29) is 5.69 Å². The van der Waals surface area contributed by atoms with Gasteiger partial charge < -0.3 is 10.2 Å². The van der Waals surface area contributed by atoms with E-state index in [1.165, 1.54) is 12.3 Å². The van der Waals surface area contributed by atoms with E-state index in [1.54, 1.807) is 17.2 Å². The summed E-state index contributed by atoms with van der Waals surface area (Å²) in [5, 5.41) is 3.28. The maximum atomic E-state index is 14.0. The Morgan fingerprint density at radius 1 is 1.27 bits per heavy atom. The number of hydrogen-bond donors (Lipinski definition) is 1. The van der Waals surface area contributed by atoms with Gasteiger partial charge in [0.2, 0.25) is 12.0 Å². The number of fused-ring (bicyclic) bond motifs is 1. The molecule has 0 radical (unpaired) electrons. The third-order valence-corrected chi connectivity index (χ3v) is 5.30. The molecule has 154 valence electrons. The molecule has 0 spiro atoms. The highest BCUT2D eigenvalue weighted by atomic mass is 35.5. The Hall–Kier alpha value is -3.19. The van der Waals surface area contributed by atoms with Crippen LogP contribution >= 0.6 is 11.6 Å². The highest BCUT2D eigenvalue weighted by molar-refractivity contribution is 6.30. The van der Waals surface area contributed by atoms with Crippen molar-refractivity contribution in [2.24, 2.45) is 0 Å². The molecule has 1 aromatic carbocycles. The van der Waals surface area contributed by atoms with Crippen molar-refractivity contribution in [3.63, 3.8) is 0 Å². The predicted molar refractivity (Wildman–Crippen MR) is 117 cm³/mol. The molecule has 3 heterocycles. The van der Waals surface area contributed by atoms with Crippen LogP contribution in [0.2, 0.25) is 5.02 Å². The first-order valence-electron chi connectivity index (χ1n) is 9.83. The standard InChI is InChI=1S/C22H21ClFN5O/c1-2-28-11-4-12-29(22(30)27-19-9-10-25-14-17(19)24)21-20(28)8-7-18(26-21)15-5-3-6-16(23)13-15/h3,5-10,13-14H,2,4,11-12H2,1H3,(H,25,27,30)/p+1. The number of hydrogen-bond acceptors (Lipinski definition) is 3. The van der Waals surface area contributed by atoms with Gasteiger partial charge >= 0.3 is 6.03 Å². The fourth-order valence-corrected chi connectivity index (χ4v) is 3.75. The Morgan fingerprint density at radius 2 is 2.13 bits per heavy atom. The minimum absolute atomic E-state index is 0.114. The van der Waals surface area contributed by atoms with Crippen molar-refractivity contribution in [2.75, 3.05) is 34.8 Å². The molecule has 6 nitrogen and oxygen atoms in total. The summed E-state index contributed by atoms with van der Waals surface area (Å²) in [6, 6.07) is 12.4. The van der Waals surface area contributed by atoms with Gasteiger partial charge in [0.15, 0.2) is 12.0 Å². The zero-order valence-electron chi connectivity index (χ0n) is 16.5. The third-order valence-electron chi connectivity index (χ3n) is 5.06. The molecule has 2 amide bonds. The van der Waals surface area contributed by atoms with Crippen LogP contribution < -0.4 is 20.1 Å². The van der Waals surface area contributed by atoms with Gasteiger partial charge in [-0.3, -0.25) is 4.90 Å². The van der Waals surface area contributed by atoms with Crippen LogP contribution in [0.5, 0.6) is 0 Å². The van der Waals surface area contributed by atoms with Gasteiger partial charge in [0.05, 0.1) is 17.1 Å². The van der Waals surface area contributed by atoms with Crippen molar-refractivity contribution in [3.8, 4) is 11.3 Å². The Balaban J connectivity index is 1.74. The minimum Gasteiger partial charge on any atom is -0.369 e. The highest BCUT2D eigenvalue weighted by Gasteiger charge is 2.27. The van der Waals surface area contributed by atoms with Crippen molar-refractivity contribution in [1.29, 1.82) is 0 Å². The number of rotatable bonds is 3. The molecule has 0 saturated heterocycles. The topological polar surface area (TPSA) is 62.6 Å². The average molecular weight is 427 g/mol. The van der Waals surface area contributed by atoms with Gasteiger partial charge in [-0.05, 0) is 37.6 Å². The molecule has 2 N–H and O–H groups in total. The van der Waals surface area contributed by atoms with Gasteiger partial charge in [-0.2, -0.15) is 4.39 Å². The van der Waals surface area contributed by atoms with Gasteiger partial charge in [0.25, 0.3) is 0 Å². The summed E-state index contributed by atoms with van der Waals surface area (Å²) in [6.45, 7) is 4.14. The molecule has 4 rings (SSSR count). The first-order chi connectivity index (χ1) is 14.6. The molecule has 0 aliphatic carbocycles. The molecular weight excluding hydrogens is 405 g/mol. The SMILES string of the molecule is CCN1CCCN(C(=O)Nc2cc[nH+]cc2F)c2nc(-c3cccc(Cl)c3)ccc21. The number of carbonyl (C=O) groups excluding carboxylic acids is 1. The van der Waals surface area contributed by atoms with E-state index in [4.69, 9.17) is 16.6 Å². The molecule has 30 heavy (non-hydrogen) atoms. The summed E-state index contributed by atoms with van der Waals surface area (Å²) in [7, 11) is 0. The first-order valence-corrected chi connectivity index (χ1v) is 10.2. The highest BCUT2D eigenvalue weighted by Crippen LogP contribution is 2.34.